The van der Waals surface area contributed by atoms with Crippen LogP contribution in [0.1, 0.15) is 20.3 Å². The van der Waals surface area contributed by atoms with Crippen molar-refractivity contribution in [3.8, 4) is 0 Å². The van der Waals surface area contributed by atoms with Crippen molar-refractivity contribution in [2.75, 3.05) is 18.4 Å². The van der Waals surface area contributed by atoms with E-state index in [0.717, 1.165) is 4.47 Å². The molecule has 0 aliphatic carbocycles. The number of anilines is 1. The zero-order valence-electron chi connectivity index (χ0n) is 12.5. The summed E-state index contributed by atoms with van der Waals surface area (Å²) in [5, 5.41) is 3.15. The molecule has 0 unspecified atom stereocenters. The van der Waals surface area contributed by atoms with Crippen molar-refractivity contribution < 1.29 is 9.59 Å². The third-order valence-electron chi connectivity index (χ3n) is 3.15. The number of rotatable bonds is 5. The fourth-order valence-electron chi connectivity index (χ4n) is 2.12. The molecule has 118 valence electrons. The highest BCUT2D eigenvalue weighted by molar-refractivity contribution is 9.10. The molecule has 0 aromatic heterocycles. The molecule has 0 bridgehead atoms. The molecule has 0 spiro atoms. The van der Waals surface area contributed by atoms with E-state index in [0.29, 0.717) is 23.9 Å². The maximum atomic E-state index is 12.3. The second-order valence-electron chi connectivity index (χ2n) is 4.68. The van der Waals surface area contributed by atoms with E-state index in [-0.39, 0.29) is 18.2 Å². The van der Waals surface area contributed by atoms with Gasteiger partial charge in [0.05, 0.1) is 5.69 Å². The van der Waals surface area contributed by atoms with Gasteiger partial charge in [0.2, 0.25) is 11.8 Å². The summed E-state index contributed by atoms with van der Waals surface area (Å²) < 4.78 is 0.817. The molecular formula is C15H18BrN3O2S. The van der Waals surface area contributed by atoms with Crippen LogP contribution in [0.15, 0.2) is 33.7 Å². The molecule has 22 heavy (non-hydrogen) atoms. The van der Waals surface area contributed by atoms with Gasteiger partial charge in [0.15, 0.2) is 5.17 Å². The Labute approximate surface area is 142 Å². The number of carbonyl (C=O) groups is 2. The number of hydrogen-bond acceptors (Lipinski definition) is 4. The number of nitrogens with one attached hydrogen (secondary N) is 1. The molecule has 1 heterocycles. The van der Waals surface area contributed by atoms with Crippen molar-refractivity contribution in [3.63, 3.8) is 0 Å². The summed E-state index contributed by atoms with van der Waals surface area (Å²) in [5.74, 6) is -0.214. The number of halogens is 1. The Bertz CT molecular complexity index is 606. The second kappa shape index (κ2) is 7.78. The minimum atomic E-state index is -0.396. The van der Waals surface area contributed by atoms with Crippen LogP contribution < -0.4 is 5.32 Å². The van der Waals surface area contributed by atoms with Crippen molar-refractivity contribution in [1.29, 1.82) is 0 Å². The Morgan fingerprint density at radius 2 is 2.14 bits per heavy atom. The molecule has 2 amide bonds. The molecule has 1 aliphatic rings. The monoisotopic (exact) mass is 383 g/mol. The first-order valence-electron chi connectivity index (χ1n) is 7.13. The first kappa shape index (κ1) is 17.0. The van der Waals surface area contributed by atoms with Crippen molar-refractivity contribution >= 4 is 50.4 Å². The lowest BCUT2D eigenvalue weighted by Crippen LogP contribution is -2.33. The normalized spacial score (nSPS) is 19.8. The van der Waals surface area contributed by atoms with Crippen molar-refractivity contribution in [3.05, 3.63) is 28.7 Å². The average Bonchev–Trinajstić information content (AvgIpc) is 2.77. The number of nitrogens with zero attached hydrogens (tertiary/aromatic N) is 2. The first-order valence-corrected chi connectivity index (χ1v) is 8.81. The molecule has 5 nitrogen and oxygen atoms in total. The van der Waals surface area contributed by atoms with Gasteiger partial charge in [-0.2, -0.15) is 0 Å². The fraction of sp³-hybridized carbons (Fsp3) is 0.400. The summed E-state index contributed by atoms with van der Waals surface area (Å²) in [4.78, 5) is 30.5. The molecule has 1 N–H and O–H groups in total. The number of hydrogen-bond donors (Lipinski definition) is 1. The fourth-order valence-corrected chi connectivity index (χ4v) is 3.77. The molecule has 1 aliphatic heterocycles. The van der Waals surface area contributed by atoms with E-state index in [2.05, 4.69) is 26.2 Å². The van der Waals surface area contributed by atoms with E-state index in [4.69, 9.17) is 0 Å². The van der Waals surface area contributed by atoms with Gasteiger partial charge in [0, 0.05) is 24.0 Å². The Morgan fingerprint density at radius 3 is 2.77 bits per heavy atom. The second-order valence-corrected chi connectivity index (χ2v) is 6.70. The minimum absolute atomic E-state index is 0.0398. The highest BCUT2D eigenvalue weighted by atomic mass is 79.9. The molecule has 7 heteroatoms. The Morgan fingerprint density at radius 1 is 1.41 bits per heavy atom. The minimum Gasteiger partial charge on any atom is -0.325 e. The van der Waals surface area contributed by atoms with E-state index in [1.807, 2.05) is 38.1 Å². The summed E-state index contributed by atoms with van der Waals surface area (Å²) >= 11 is 4.76. The Hall–Kier alpha value is -1.34. The highest BCUT2D eigenvalue weighted by Crippen LogP contribution is 2.30. The van der Waals surface area contributed by atoms with Gasteiger partial charge >= 0.3 is 0 Å². The molecule has 2 rings (SSSR count). The van der Waals surface area contributed by atoms with Gasteiger partial charge in [-0.3, -0.25) is 19.5 Å². The number of aliphatic imine (C=N–C) groups is 1. The standard InChI is InChI=1S/C15H18BrN3O2S/c1-3-17-15-19(4-2)14(21)12(22-15)9-13(20)18-11-8-6-5-7-10(11)16/h5-8,12H,3-4,9H2,1-2H3,(H,18,20)/t12-/m1/s1. The molecule has 0 saturated carbocycles. The third-order valence-corrected chi connectivity index (χ3v) is 5.05. The van der Waals surface area contributed by atoms with Crippen LogP contribution in [0.3, 0.4) is 0 Å². The SMILES string of the molecule is CCN=C1S[C@H](CC(=O)Nc2ccccc2Br)C(=O)N1CC. The van der Waals surface area contributed by atoms with Gasteiger partial charge in [-0.25, -0.2) is 0 Å². The maximum absolute atomic E-state index is 12.3. The van der Waals surface area contributed by atoms with Crippen LogP contribution in [0.2, 0.25) is 0 Å². The van der Waals surface area contributed by atoms with Gasteiger partial charge in [-0.15, -0.1) is 0 Å². The van der Waals surface area contributed by atoms with Crippen LogP contribution in [0, 0.1) is 0 Å². The van der Waals surface area contributed by atoms with Crippen LogP contribution in [0.5, 0.6) is 0 Å². The largest absolute Gasteiger partial charge is 0.325 e. The quantitative estimate of drug-likeness (QED) is 0.849. The van der Waals surface area contributed by atoms with E-state index in [1.54, 1.807) is 4.90 Å². The van der Waals surface area contributed by atoms with Crippen LogP contribution >= 0.6 is 27.7 Å². The summed E-state index contributed by atoms with van der Waals surface area (Å²) in [6.07, 6.45) is 0.143. The molecular weight excluding hydrogens is 366 g/mol. The molecule has 1 fully saturated rings. The molecule has 1 saturated heterocycles. The van der Waals surface area contributed by atoms with Crippen molar-refractivity contribution in [2.24, 2.45) is 4.99 Å². The third kappa shape index (κ3) is 3.89. The predicted molar refractivity (Wildman–Crippen MR) is 94.1 cm³/mol. The lowest BCUT2D eigenvalue weighted by molar-refractivity contribution is -0.128. The highest BCUT2D eigenvalue weighted by Gasteiger charge is 2.38. The Kier molecular flexibility index (Phi) is 6.02. The predicted octanol–water partition coefficient (Wildman–Crippen LogP) is 3.12. The zero-order chi connectivity index (χ0) is 16.1. The summed E-state index contributed by atoms with van der Waals surface area (Å²) in [5.41, 5.74) is 0.706. The summed E-state index contributed by atoms with van der Waals surface area (Å²) in [7, 11) is 0. The van der Waals surface area contributed by atoms with E-state index in [9.17, 15) is 9.59 Å². The lowest BCUT2D eigenvalue weighted by atomic mass is 10.2. The first-order chi connectivity index (χ1) is 10.6. The van der Waals surface area contributed by atoms with Gasteiger partial charge in [-0.05, 0) is 41.9 Å². The van der Waals surface area contributed by atoms with Gasteiger partial charge in [-0.1, -0.05) is 23.9 Å². The molecule has 1 aromatic rings. The maximum Gasteiger partial charge on any atom is 0.242 e. The molecule has 1 atom stereocenters. The number of carbonyl (C=O) groups excluding carboxylic acids is 2. The van der Waals surface area contributed by atoms with Crippen molar-refractivity contribution in [1.82, 2.24) is 4.90 Å². The van der Waals surface area contributed by atoms with E-state index >= 15 is 0 Å². The average molecular weight is 384 g/mol. The van der Waals surface area contributed by atoms with Gasteiger partial charge < -0.3 is 5.32 Å². The summed E-state index contributed by atoms with van der Waals surface area (Å²) in [6.45, 7) is 5.04. The van der Waals surface area contributed by atoms with E-state index < -0.39 is 5.25 Å². The van der Waals surface area contributed by atoms with Crippen LogP contribution in [0.4, 0.5) is 5.69 Å². The summed E-state index contributed by atoms with van der Waals surface area (Å²) in [6, 6.07) is 7.40. The zero-order valence-corrected chi connectivity index (χ0v) is 14.9. The number of benzene rings is 1. The van der Waals surface area contributed by atoms with Gasteiger partial charge in [0.1, 0.15) is 5.25 Å². The topological polar surface area (TPSA) is 61.8 Å². The van der Waals surface area contributed by atoms with Crippen LogP contribution in [-0.2, 0) is 9.59 Å². The lowest BCUT2D eigenvalue weighted by Gasteiger charge is -2.13. The van der Waals surface area contributed by atoms with E-state index in [1.165, 1.54) is 11.8 Å². The Balaban J connectivity index is 2.02. The number of thioether (sulfide) groups is 1. The number of para-hydroxylation sites is 1. The van der Waals surface area contributed by atoms with Crippen molar-refractivity contribution in [2.45, 2.75) is 25.5 Å². The smallest absolute Gasteiger partial charge is 0.242 e. The number of amides is 2. The van der Waals surface area contributed by atoms with Gasteiger partial charge in [0.25, 0.3) is 0 Å². The molecule has 1 aromatic carbocycles. The van der Waals surface area contributed by atoms with Crippen LogP contribution in [0.25, 0.3) is 0 Å². The number of amidine groups is 1. The van der Waals surface area contributed by atoms with Crippen LogP contribution in [-0.4, -0.2) is 40.2 Å². The molecule has 0 radical (unpaired) electrons.